The molecule has 0 bridgehead atoms. The summed E-state index contributed by atoms with van der Waals surface area (Å²) in [5.41, 5.74) is 0.266. The Kier molecular flexibility index (Phi) is 4.23. The Hall–Kier alpha value is -0.940. The molecule has 15 heavy (non-hydrogen) atoms. The van der Waals surface area contributed by atoms with Crippen molar-refractivity contribution in [1.82, 2.24) is 0 Å². The minimum absolute atomic E-state index is 0.266. The van der Waals surface area contributed by atoms with E-state index < -0.39 is 11.8 Å². The number of rotatable bonds is 4. The highest BCUT2D eigenvalue weighted by Crippen LogP contribution is 2.31. The molecule has 0 amide bonds. The summed E-state index contributed by atoms with van der Waals surface area (Å²) >= 11 is 2.88. The van der Waals surface area contributed by atoms with Crippen LogP contribution < -0.4 is 0 Å². The second kappa shape index (κ2) is 5.23. The van der Waals surface area contributed by atoms with Crippen LogP contribution in [-0.2, 0) is 4.79 Å². The smallest absolute Gasteiger partial charge is 0.377 e. The van der Waals surface area contributed by atoms with E-state index >= 15 is 0 Å². The molecule has 0 aliphatic rings. The Bertz CT molecular complexity index is 402. The molecule has 1 rings (SSSR count). The first kappa shape index (κ1) is 12.1. The molecule has 1 aromatic carbocycles. The minimum Gasteiger partial charge on any atom is -0.475 e. The molecule has 1 aromatic rings. The van der Waals surface area contributed by atoms with Crippen molar-refractivity contribution in [2.45, 2.75) is 9.79 Å². The number of carboxylic acids is 1. The average Bonchev–Trinajstić information content (AvgIpc) is 2.26. The van der Waals surface area contributed by atoms with Gasteiger partial charge in [-0.1, -0.05) is 6.07 Å². The minimum atomic E-state index is -1.41. The standard InChI is InChI=1S/C10H10O3S2/c1-14-7-5-3-4-6(9(7)15-2)8(11)10(12)13/h3-5H,1-2H3,(H,12,13). The van der Waals surface area contributed by atoms with Gasteiger partial charge in [-0.25, -0.2) is 4.79 Å². The Balaban J connectivity index is 3.29. The van der Waals surface area contributed by atoms with Crippen molar-refractivity contribution in [3.8, 4) is 0 Å². The van der Waals surface area contributed by atoms with Gasteiger partial charge in [-0.2, -0.15) is 0 Å². The van der Waals surface area contributed by atoms with Crippen LogP contribution in [-0.4, -0.2) is 29.4 Å². The van der Waals surface area contributed by atoms with Crippen molar-refractivity contribution in [2.24, 2.45) is 0 Å². The van der Waals surface area contributed by atoms with Crippen LogP contribution in [0, 0.1) is 0 Å². The predicted octanol–water partition coefficient (Wildman–Crippen LogP) is 2.40. The van der Waals surface area contributed by atoms with Crippen LogP contribution in [0.25, 0.3) is 0 Å². The van der Waals surface area contributed by atoms with Gasteiger partial charge in [0.05, 0.1) is 0 Å². The van der Waals surface area contributed by atoms with Gasteiger partial charge in [0, 0.05) is 15.4 Å². The lowest BCUT2D eigenvalue weighted by molar-refractivity contribution is -0.131. The van der Waals surface area contributed by atoms with Gasteiger partial charge >= 0.3 is 5.97 Å². The molecular weight excluding hydrogens is 232 g/mol. The van der Waals surface area contributed by atoms with Crippen molar-refractivity contribution in [2.75, 3.05) is 12.5 Å². The highest BCUT2D eigenvalue weighted by Gasteiger charge is 2.19. The molecule has 0 aromatic heterocycles. The summed E-state index contributed by atoms with van der Waals surface area (Å²) in [7, 11) is 0. The lowest BCUT2D eigenvalue weighted by atomic mass is 10.1. The van der Waals surface area contributed by atoms with Gasteiger partial charge in [-0.3, -0.25) is 4.79 Å². The maximum absolute atomic E-state index is 11.4. The third-order valence-electron chi connectivity index (χ3n) is 1.84. The summed E-state index contributed by atoms with van der Waals surface area (Å²) in [6.07, 6.45) is 3.72. The summed E-state index contributed by atoms with van der Waals surface area (Å²) in [5, 5.41) is 8.65. The molecule has 0 aliphatic heterocycles. The number of hydrogen-bond acceptors (Lipinski definition) is 4. The third kappa shape index (κ3) is 2.54. The number of carbonyl (C=O) groups is 2. The molecule has 0 unspecified atom stereocenters. The maximum Gasteiger partial charge on any atom is 0.377 e. The number of carboxylic acid groups (broad SMARTS) is 1. The molecule has 0 radical (unpaired) electrons. The van der Waals surface area contributed by atoms with E-state index in [0.717, 1.165) is 9.79 Å². The SMILES string of the molecule is CSc1cccc(C(=O)C(=O)O)c1SC. The van der Waals surface area contributed by atoms with E-state index in [9.17, 15) is 9.59 Å². The van der Waals surface area contributed by atoms with E-state index in [-0.39, 0.29) is 5.56 Å². The molecule has 0 fully saturated rings. The quantitative estimate of drug-likeness (QED) is 0.499. The zero-order valence-electron chi connectivity index (χ0n) is 8.31. The maximum atomic E-state index is 11.4. The van der Waals surface area contributed by atoms with Gasteiger partial charge in [0.15, 0.2) is 0 Å². The second-order valence-corrected chi connectivity index (χ2v) is 4.34. The van der Waals surface area contributed by atoms with Crippen LogP contribution >= 0.6 is 23.5 Å². The molecule has 3 nitrogen and oxygen atoms in total. The topological polar surface area (TPSA) is 54.4 Å². The van der Waals surface area contributed by atoms with Crippen LogP contribution in [0.2, 0.25) is 0 Å². The molecule has 0 atom stereocenters. The lowest BCUT2D eigenvalue weighted by Crippen LogP contribution is -2.13. The van der Waals surface area contributed by atoms with Crippen LogP contribution in [0.1, 0.15) is 10.4 Å². The zero-order valence-corrected chi connectivity index (χ0v) is 9.95. The average molecular weight is 242 g/mol. The Morgan fingerprint density at radius 2 is 1.87 bits per heavy atom. The van der Waals surface area contributed by atoms with Crippen molar-refractivity contribution in [3.63, 3.8) is 0 Å². The third-order valence-corrected chi connectivity index (χ3v) is 3.60. The zero-order chi connectivity index (χ0) is 11.4. The molecule has 0 aliphatic carbocycles. The fourth-order valence-electron chi connectivity index (χ4n) is 1.18. The van der Waals surface area contributed by atoms with Crippen molar-refractivity contribution in [3.05, 3.63) is 23.8 Å². The van der Waals surface area contributed by atoms with Gasteiger partial charge in [-0.05, 0) is 24.6 Å². The molecule has 5 heteroatoms. The van der Waals surface area contributed by atoms with E-state index in [1.807, 2.05) is 18.6 Å². The predicted molar refractivity (Wildman–Crippen MR) is 62.0 cm³/mol. The number of hydrogen-bond donors (Lipinski definition) is 1. The molecular formula is C10H10O3S2. The first-order valence-corrected chi connectivity index (χ1v) is 6.55. The number of thioether (sulfide) groups is 2. The summed E-state index contributed by atoms with van der Waals surface area (Å²) in [6.45, 7) is 0. The first-order valence-electron chi connectivity index (χ1n) is 4.10. The monoisotopic (exact) mass is 242 g/mol. The number of ketones is 1. The van der Waals surface area contributed by atoms with Gasteiger partial charge in [0.25, 0.3) is 5.78 Å². The van der Waals surface area contributed by atoms with E-state index in [2.05, 4.69) is 0 Å². The fourth-order valence-corrected chi connectivity index (χ4v) is 2.84. The largest absolute Gasteiger partial charge is 0.475 e. The summed E-state index contributed by atoms with van der Waals surface area (Å²) in [4.78, 5) is 23.6. The molecule has 0 heterocycles. The van der Waals surface area contributed by atoms with E-state index in [0.29, 0.717) is 0 Å². The molecule has 0 saturated carbocycles. The van der Waals surface area contributed by atoms with Crippen LogP contribution in [0.5, 0.6) is 0 Å². The van der Waals surface area contributed by atoms with E-state index in [4.69, 9.17) is 5.11 Å². The summed E-state index contributed by atoms with van der Waals surface area (Å²) in [6, 6.07) is 5.11. The fraction of sp³-hybridized carbons (Fsp3) is 0.200. The van der Waals surface area contributed by atoms with Gasteiger partial charge in [-0.15, -0.1) is 23.5 Å². The highest BCUT2D eigenvalue weighted by atomic mass is 32.2. The Morgan fingerprint density at radius 3 is 2.33 bits per heavy atom. The molecule has 1 N–H and O–H groups in total. The van der Waals surface area contributed by atoms with E-state index in [1.54, 1.807) is 12.1 Å². The normalized spacial score (nSPS) is 10.0. The van der Waals surface area contributed by atoms with Crippen LogP contribution in [0.3, 0.4) is 0 Å². The molecule has 0 spiro atoms. The van der Waals surface area contributed by atoms with Gasteiger partial charge in [0.1, 0.15) is 0 Å². The van der Waals surface area contributed by atoms with Crippen molar-refractivity contribution >= 4 is 35.3 Å². The molecule has 80 valence electrons. The first-order chi connectivity index (χ1) is 7.11. The number of carbonyl (C=O) groups excluding carboxylic acids is 1. The van der Waals surface area contributed by atoms with Crippen molar-refractivity contribution in [1.29, 1.82) is 0 Å². The summed E-state index contributed by atoms with van der Waals surface area (Å²) < 4.78 is 0. The number of benzene rings is 1. The van der Waals surface area contributed by atoms with Crippen LogP contribution in [0.15, 0.2) is 28.0 Å². The Labute approximate surface area is 96.3 Å². The number of Topliss-reactive ketones (excluding diaryl/α,β-unsaturated/α-hetero) is 1. The lowest BCUT2D eigenvalue weighted by Gasteiger charge is -2.08. The van der Waals surface area contributed by atoms with Gasteiger partial charge < -0.3 is 5.11 Å². The second-order valence-electron chi connectivity index (χ2n) is 2.68. The van der Waals surface area contributed by atoms with Gasteiger partial charge in [0.2, 0.25) is 0 Å². The molecule has 0 saturated heterocycles. The van der Waals surface area contributed by atoms with E-state index in [1.165, 1.54) is 23.5 Å². The highest BCUT2D eigenvalue weighted by molar-refractivity contribution is 8.01. The summed E-state index contributed by atoms with van der Waals surface area (Å²) in [5.74, 6) is -2.26. The van der Waals surface area contributed by atoms with Crippen molar-refractivity contribution < 1.29 is 14.7 Å². The van der Waals surface area contributed by atoms with Crippen LogP contribution in [0.4, 0.5) is 0 Å². The Morgan fingerprint density at radius 1 is 1.20 bits per heavy atom. The number of aliphatic carboxylic acids is 1.